The van der Waals surface area contributed by atoms with E-state index < -0.39 is 5.60 Å². The van der Waals surface area contributed by atoms with E-state index in [0.29, 0.717) is 25.0 Å². The molecule has 1 fully saturated rings. The maximum Gasteiger partial charge on any atom is 0.303 e. The van der Waals surface area contributed by atoms with Crippen molar-refractivity contribution in [1.82, 2.24) is 4.90 Å². The Morgan fingerprint density at radius 3 is 2.47 bits per heavy atom. The van der Waals surface area contributed by atoms with Crippen LogP contribution in [0.15, 0.2) is 23.3 Å². The fraction of sp³-hybridized carbons (Fsp3) is 0.769. The van der Waals surface area contributed by atoms with Gasteiger partial charge in [-0.3, -0.25) is 9.59 Å². The Balaban J connectivity index is 2.79. The second-order valence-electron chi connectivity index (χ2n) is 9.82. The SMILES string of the molecule is CC(=O)OC/C=C1\CC[C@@H](OC(C)=O)[C@](C)(CCCC(C)C(CC=C(C)C)N(C)C)OC1. The zero-order chi connectivity index (χ0) is 24.3. The number of hydrogen-bond acceptors (Lipinski definition) is 6. The summed E-state index contributed by atoms with van der Waals surface area (Å²) in [6.07, 6.45) is 9.37. The van der Waals surface area contributed by atoms with E-state index in [9.17, 15) is 9.59 Å². The zero-order valence-electron chi connectivity index (χ0n) is 21.5. The molecule has 0 radical (unpaired) electrons. The Bertz CT molecular complexity index is 665. The van der Waals surface area contributed by atoms with E-state index >= 15 is 0 Å². The molecule has 4 atom stereocenters. The molecule has 0 amide bonds. The van der Waals surface area contributed by atoms with Crippen molar-refractivity contribution in [2.75, 3.05) is 27.3 Å². The molecule has 0 spiro atoms. The van der Waals surface area contributed by atoms with Crippen LogP contribution in [0.2, 0.25) is 0 Å². The number of esters is 2. The quantitative estimate of drug-likeness (QED) is 0.323. The van der Waals surface area contributed by atoms with Gasteiger partial charge in [-0.25, -0.2) is 0 Å². The van der Waals surface area contributed by atoms with Gasteiger partial charge >= 0.3 is 11.9 Å². The molecule has 1 heterocycles. The van der Waals surface area contributed by atoms with Gasteiger partial charge in [-0.05, 0) is 84.5 Å². The molecule has 0 aromatic heterocycles. The van der Waals surface area contributed by atoms with Crippen molar-refractivity contribution >= 4 is 11.9 Å². The zero-order valence-corrected chi connectivity index (χ0v) is 21.5. The van der Waals surface area contributed by atoms with Gasteiger partial charge in [0.05, 0.1) is 6.61 Å². The van der Waals surface area contributed by atoms with Crippen molar-refractivity contribution in [3.63, 3.8) is 0 Å². The summed E-state index contributed by atoms with van der Waals surface area (Å²) in [5.41, 5.74) is 1.90. The van der Waals surface area contributed by atoms with Crippen molar-refractivity contribution in [3.05, 3.63) is 23.3 Å². The Kier molecular flexibility index (Phi) is 12.2. The van der Waals surface area contributed by atoms with Gasteiger partial charge in [0, 0.05) is 19.9 Å². The van der Waals surface area contributed by atoms with E-state index in [4.69, 9.17) is 14.2 Å². The van der Waals surface area contributed by atoms with Gasteiger partial charge in [0.1, 0.15) is 18.3 Å². The maximum atomic E-state index is 11.8. The number of ether oxygens (including phenoxy) is 3. The van der Waals surface area contributed by atoms with Crippen molar-refractivity contribution in [3.8, 4) is 0 Å². The number of hydrogen-bond donors (Lipinski definition) is 0. The second kappa shape index (κ2) is 13.8. The molecular weight excluding hydrogens is 406 g/mol. The van der Waals surface area contributed by atoms with Gasteiger partial charge in [0.25, 0.3) is 0 Å². The van der Waals surface area contributed by atoms with Crippen LogP contribution in [0.4, 0.5) is 0 Å². The first-order valence-corrected chi connectivity index (χ1v) is 11.9. The molecule has 6 nitrogen and oxygen atoms in total. The minimum Gasteiger partial charge on any atom is -0.462 e. The van der Waals surface area contributed by atoms with Gasteiger partial charge in [0.15, 0.2) is 0 Å². The van der Waals surface area contributed by atoms with E-state index in [1.54, 1.807) is 0 Å². The standard InChI is InChI=1S/C26H45NO5/c1-19(2)11-13-24(27(7)8)20(3)10-9-16-26(6)25(32-22(5)29)14-12-23(18-31-26)15-17-30-21(4)28/h11,15,20,24-25H,9-10,12-14,16-18H2,1-8H3/b23-15+/t20?,24?,25-,26+/m1/s1. The third kappa shape index (κ3) is 10.3. The Labute approximate surface area is 195 Å². The molecule has 0 aromatic rings. The molecule has 1 aliphatic rings. The normalized spacial score (nSPS) is 24.5. The summed E-state index contributed by atoms with van der Waals surface area (Å²) in [7, 11) is 4.30. The number of carbonyl (C=O) groups excluding carboxylic acids is 2. The van der Waals surface area contributed by atoms with Crippen LogP contribution in [0.1, 0.15) is 80.1 Å². The molecule has 6 heteroatoms. The Morgan fingerprint density at radius 2 is 1.91 bits per heavy atom. The lowest BCUT2D eigenvalue weighted by Gasteiger charge is -2.36. The van der Waals surface area contributed by atoms with Crippen LogP contribution in [0, 0.1) is 5.92 Å². The number of allylic oxidation sites excluding steroid dienone is 1. The number of nitrogens with zero attached hydrogens (tertiary/aromatic N) is 1. The second-order valence-corrected chi connectivity index (χ2v) is 9.82. The fourth-order valence-corrected chi connectivity index (χ4v) is 4.38. The van der Waals surface area contributed by atoms with E-state index in [0.717, 1.165) is 37.7 Å². The highest BCUT2D eigenvalue weighted by atomic mass is 16.6. The molecule has 0 aromatic carbocycles. The van der Waals surface area contributed by atoms with E-state index in [2.05, 4.69) is 52.8 Å². The van der Waals surface area contributed by atoms with E-state index in [-0.39, 0.29) is 24.6 Å². The lowest BCUT2D eigenvalue weighted by atomic mass is 9.86. The summed E-state index contributed by atoms with van der Waals surface area (Å²) in [6.45, 7) is 12.2. The van der Waals surface area contributed by atoms with Gasteiger partial charge < -0.3 is 19.1 Å². The first-order chi connectivity index (χ1) is 14.9. The van der Waals surface area contributed by atoms with Crippen LogP contribution in [-0.4, -0.2) is 61.9 Å². The van der Waals surface area contributed by atoms with Gasteiger partial charge in [-0.2, -0.15) is 0 Å². The average Bonchev–Trinajstić information content (AvgIpc) is 2.81. The highest BCUT2D eigenvalue weighted by Crippen LogP contribution is 2.34. The molecule has 0 saturated carbocycles. The van der Waals surface area contributed by atoms with Crippen LogP contribution < -0.4 is 0 Å². The van der Waals surface area contributed by atoms with Crippen molar-refractivity contribution in [2.45, 2.75) is 97.8 Å². The molecule has 1 rings (SSSR count). The molecule has 184 valence electrons. The summed E-state index contributed by atoms with van der Waals surface area (Å²) in [4.78, 5) is 25.1. The fourth-order valence-electron chi connectivity index (χ4n) is 4.38. The molecule has 1 saturated heterocycles. The lowest BCUT2D eigenvalue weighted by Crippen LogP contribution is -2.44. The number of rotatable bonds is 11. The van der Waals surface area contributed by atoms with Crippen LogP contribution in [0.5, 0.6) is 0 Å². The maximum absolute atomic E-state index is 11.8. The van der Waals surface area contributed by atoms with Gasteiger partial charge in [0.2, 0.25) is 0 Å². The minimum absolute atomic E-state index is 0.248. The first-order valence-electron chi connectivity index (χ1n) is 11.9. The molecule has 32 heavy (non-hydrogen) atoms. The van der Waals surface area contributed by atoms with Crippen LogP contribution in [0.25, 0.3) is 0 Å². The topological polar surface area (TPSA) is 65.1 Å². The Hall–Kier alpha value is -1.66. The van der Waals surface area contributed by atoms with Crippen molar-refractivity contribution in [1.29, 1.82) is 0 Å². The number of carbonyl (C=O) groups is 2. The lowest BCUT2D eigenvalue weighted by molar-refractivity contribution is -0.167. The smallest absolute Gasteiger partial charge is 0.303 e. The molecule has 0 aliphatic carbocycles. The van der Waals surface area contributed by atoms with E-state index in [1.165, 1.54) is 19.4 Å². The average molecular weight is 452 g/mol. The molecule has 2 unspecified atom stereocenters. The summed E-state index contributed by atoms with van der Waals surface area (Å²) in [5, 5.41) is 0. The summed E-state index contributed by atoms with van der Waals surface area (Å²) < 4.78 is 17.1. The summed E-state index contributed by atoms with van der Waals surface area (Å²) >= 11 is 0. The molecule has 1 aliphatic heterocycles. The van der Waals surface area contributed by atoms with Crippen molar-refractivity contribution < 1.29 is 23.8 Å². The van der Waals surface area contributed by atoms with Crippen LogP contribution >= 0.6 is 0 Å². The third-order valence-electron chi connectivity index (χ3n) is 6.38. The van der Waals surface area contributed by atoms with Gasteiger partial charge in [-0.15, -0.1) is 0 Å². The largest absolute Gasteiger partial charge is 0.462 e. The van der Waals surface area contributed by atoms with Crippen LogP contribution in [-0.2, 0) is 23.8 Å². The Morgan fingerprint density at radius 1 is 1.22 bits per heavy atom. The first kappa shape index (κ1) is 28.4. The molecule has 0 N–H and O–H groups in total. The van der Waals surface area contributed by atoms with Gasteiger partial charge in [-0.1, -0.05) is 25.0 Å². The van der Waals surface area contributed by atoms with Crippen LogP contribution in [0.3, 0.4) is 0 Å². The summed E-state index contributed by atoms with van der Waals surface area (Å²) in [5.74, 6) is -0.0324. The highest BCUT2D eigenvalue weighted by molar-refractivity contribution is 5.66. The summed E-state index contributed by atoms with van der Waals surface area (Å²) in [6, 6.07) is 0.493. The van der Waals surface area contributed by atoms with Crippen molar-refractivity contribution in [2.24, 2.45) is 5.92 Å². The highest BCUT2D eigenvalue weighted by Gasteiger charge is 2.39. The minimum atomic E-state index is -0.532. The van der Waals surface area contributed by atoms with E-state index in [1.807, 2.05) is 6.08 Å². The predicted molar refractivity (Wildman–Crippen MR) is 128 cm³/mol. The third-order valence-corrected chi connectivity index (χ3v) is 6.38. The molecular formula is C26H45NO5. The molecule has 0 bridgehead atoms. The monoisotopic (exact) mass is 451 g/mol. The predicted octanol–water partition coefficient (Wildman–Crippen LogP) is 5.07.